The van der Waals surface area contributed by atoms with Gasteiger partial charge in [0.2, 0.25) is 0 Å². The number of hydrogen-bond acceptors (Lipinski definition) is 4. The molecule has 4 nitrogen and oxygen atoms in total. The highest BCUT2D eigenvalue weighted by atomic mass is 32.1. The zero-order chi connectivity index (χ0) is 10.3. The topological polar surface area (TPSA) is 43.6 Å². The summed E-state index contributed by atoms with van der Waals surface area (Å²) in [4.78, 5) is 6.01. The number of benzene rings is 1. The lowest BCUT2D eigenvalue weighted by atomic mass is 10.3. The van der Waals surface area contributed by atoms with Crippen molar-refractivity contribution in [1.82, 2.24) is 20.0 Å². The summed E-state index contributed by atoms with van der Waals surface area (Å²) in [5.74, 6) is 0. The molecule has 2 heterocycles. The summed E-state index contributed by atoms with van der Waals surface area (Å²) in [5.41, 5.74) is 2.00. The van der Waals surface area contributed by atoms with Crippen molar-refractivity contribution in [1.29, 1.82) is 0 Å². The predicted octanol–water partition coefficient (Wildman–Crippen LogP) is 2.19. The van der Waals surface area contributed by atoms with Crippen LogP contribution in [-0.2, 0) is 0 Å². The zero-order valence-corrected chi connectivity index (χ0v) is 8.90. The molecule has 15 heavy (non-hydrogen) atoms. The van der Waals surface area contributed by atoms with E-state index in [1.807, 2.05) is 19.1 Å². The van der Waals surface area contributed by atoms with Crippen molar-refractivity contribution >= 4 is 21.6 Å². The fourth-order valence-corrected chi connectivity index (χ4v) is 2.36. The Morgan fingerprint density at radius 2 is 2.00 bits per heavy atom. The number of aromatic nitrogens is 4. The van der Waals surface area contributed by atoms with E-state index in [0.29, 0.717) is 0 Å². The fraction of sp³-hybridized carbons (Fsp3) is 0.100. The first-order valence-corrected chi connectivity index (χ1v) is 5.38. The Labute approximate surface area is 90.2 Å². The van der Waals surface area contributed by atoms with Crippen LogP contribution in [0.2, 0.25) is 0 Å². The predicted molar refractivity (Wildman–Crippen MR) is 59.3 cm³/mol. The van der Waals surface area contributed by atoms with Crippen LogP contribution in [0, 0.1) is 6.92 Å². The van der Waals surface area contributed by atoms with Gasteiger partial charge in [-0.05, 0) is 25.1 Å². The Morgan fingerprint density at radius 1 is 1.20 bits per heavy atom. The van der Waals surface area contributed by atoms with Crippen LogP contribution in [0.4, 0.5) is 0 Å². The first kappa shape index (κ1) is 8.55. The highest BCUT2D eigenvalue weighted by Gasteiger charge is 2.03. The molecule has 3 rings (SSSR count). The number of nitrogens with zero attached hydrogens (tertiary/aromatic N) is 4. The molecule has 0 amide bonds. The van der Waals surface area contributed by atoms with Gasteiger partial charge in [0.15, 0.2) is 0 Å². The van der Waals surface area contributed by atoms with E-state index in [-0.39, 0.29) is 0 Å². The molecule has 0 atom stereocenters. The zero-order valence-electron chi connectivity index (χ0n) is 8.08. The molecule has 0 fully saturated rings. The van der Waals surface area contributed by atoms with E-state index in [2.05, 4.69) is 21.2 Å². The largest absolute Gasteiger partial charge is 0.242 e. The van der Waals surface area contributed by atoms with Crippen LogP contribution in [0.1, 0.15) is 5.01 Å². The molecule has 0 aliphatic heterocycles. The minimum absolute atomic E-state index is 0.969. The van der Waals surface area contributed by atoms with Crippen LogP contribution >= 0.6 is 11.3 Å². The maximum atomic E-state index is 4.40. The van der Waals surface area contributed by atoms with Crippen LogP contribution in [0.15, 0.2) is 30.6 Å². The smallest absolute Gasteiger partial charge is 0.0907 e. The van der Waals surface area contributed by atoms with Crippen molar-refractivity contribution in [3.63, 3.8) is 0 Å². The maximum Gasteiger partial charge on any atom is 0.0907 e. The van der Waals surface area contributed by atoms with Crippen molar-refractivity contribution in [3.8, 4) is 5.69 Å². The van der Waals surface area contributed by atoms with Gasteiger partial charge in [0, 0.05) is 0 Å². The Balaban J connectivity index is 2.21. The number of thiazole rings is 1. The quantitative estimate of drug-likeness (QED) is 0.626. The van der Waals surface area contributed by atoms with Gasteiger partial charge in [-0.25, -0.2) is 4.98 Å². The lowest BCUT2D eigenvalue weighted by Crippen LogP contribution is -1.97. The number of rotatable bonds is 1. The summed E-state index contributed by atoms with van der Waals surface area (Å²) < 4.78 is 1.17. The summed E-state index contributed by atoms with van der Waals surface area (Å²) in [6.07, 6.45) is 3.34. The minimum Gasteiger partial charge on any atom is -0.242 e. The van der Waals surface area contributed by atoms with E-state index in [1.54, 1.807) is 28.5 Å². The Kier molecular flexibility index (Phi) is 1.78. The first-order valence-electron chi connectivity index (χ1n) is 4.57. The van der Waals surface area contributed by atoms with Gasteiger partial charge in [-0.2, -0.15) is 15.0 Å². The highest BCUT2D eigenvalue weighted by Crippen LogP contribution is 2.23. The maximum absolute atomic E-state index is 4.40. The van der Waals surface area contributed by atoms with Crippen molar-refractivity contribution in [2.45, 2.75) is 6.92 Å². The summed E-state index contributed by atoms with van der Waals surface area (Å²) in [5, 5.41) is 9.26. The molecular formula is C10H8N4S. The molecule has 5 heteroatoms. The average molecular weight is 216 g/mol. The molecule has 0 aliphatic carbocycles. The molecule has 0 spiro atoms. The average Bonchev–Trinajstić information content (AvgIpc) is 2.82. The Hall–Kier alpha value is -1.75. The van der Waals surface area contributed by atoms with Gasteiger partial charge in [0.1, 0.15) is 0 Å². The third kappa shape index (κ3) is 1.41. The summed E-state index contributed by atoms with van der Waals surface area (Å²) in [6, 6.07) is 6.03. The molecular weight excluding hydrogens is 208 g/mol. The van der Waals surface area contributed by atoms with E-state index < -0.39 is 0 Å². The Bertz CT molecular complexity index is 597. The first-order chi connectivity index (χ1) is 7.33. The molecule has 0 N–H and O–H groups in total. The van der Waals surface area contributed by atoms with Gasteiger partial charge in [-0.3, -0.25) is 0 Å². The molecule has 1 aromatic carbocycles. The third-order valence-corrected chi connectivity index (χ3v) is 3.06. The van der Waals surface area contributed by atoms with Gasteiger partial charge >= 0.3 is 0 Å². The van der Waals surface area contributed by atoms with E-state index in [1.165, 1.54) is 4.70 Å². The van der Waals surface area contributed by atoms with Crippen molar-refractivity contribution in [2.75, 3.05) is 0 Å². The monoisotopic (exact) mass is 216 g/mol. The molecule has 0 bridgehead atoms. The standard InChI is InChI=1S/C10H8N4S/c1-7-13-9-3-2-8(6-10(9)15-7)14-11-4-5-12-14/h2-6H,1H3. The van der Waals surface area contributed by atoms with Gasteiger partial charge in [0.25, 0.3) is 0 Å². The van der Waals surface area contributed by atoms with Gasteiger partial charge in [0.05, 0.1) is 33.3 Å². The number of aryl methyl sites for hydroxylation is 1. The van der Waals surface area contributed by atoms with Crippen LogP contribution in [0.25, 0.3) is 15.9 Å². The third-order valence-electron chi connectivity index (χ3n) is 2.13. The lowest BCUT2D eigenvalue weighted by molar-refractivity contribution is 0.753. The Morgan fingerprint density at radius 3 is 2.80 bits per heavy atom. The van der Waals surface area contributed by atoms with Gasteiger partial charge in [-0.1, -0.05) is 0 Å². The summed E-state index contributed by atoms with van der Waals surface area (Å²) in [7, 11) is 0. The number of hydrogen-bond donors (Lipinski definition) is 0. The van der Waals surface area contributed by atoms with E-state index in [4.69, 9.17) is 0 Å². The fourth-order valence-electron chi connectivity index (χ4n) is 1.50. The second-order valence-electron chi connectivity index (χ2n) is 3.20. The van der Waals surface area contributed by atoms with Gasteiger partial charge in [-0.15, -0.1) is 11.3 Å². The SMILES string of the molecule is Cc1nc2ccc(-n3nccn3)cc2s1. The van der Waals surface area contributed by atoms with Crippen LogP contribution in [0.5, 0.6) is 0 Å². The van der Waals surface area contributed by atoms with E-state index in [0.717, 1.165) is 16.2 Å². The molecule has 0 aliphatic rings. The molecule has 0 saturated carbocycles. The van der Waals surface area contributed by atoms with Crippen LogP contribution in [-0.4, -0.2) is 20.0 Å². The lowest BCUT2D eigenvalue weighted by Gasteiger charge is -1.97. The van der Waals surface area contributed by atoms with E-state index in [9.17, 15) is 0 Å². The molecule has 0 radical (unpaired) electrons. The summed E-state index contributed by atoms with van der Waals surface area (Å²) >= 11 is 1.68. The van der Waals surface area contributed by atoms with Gasteiger partial charge < -0.3 is 0 Å². The van der Waals surface area contributed by atoms with Crippen molar-refractivity contribution < 1.29 is 0 Å². The normalized spacial score (nSPS) is 11.0. The van der Waals surface area contributed by atoms with E-state index >= 15 is 0 Å². The van der Waals surface area contributed by atoms with Crippen molar-refractivity contribution in [2.24, 2.45) is 0 Å². The van der Waals surface area contributed by atoms with Crippen LogP contribution in [0.3, 0.4) is 0 Å². The highest BCUT2D eigenvalue weighted by molar-refractivity contribution is 7.18. The molecule has 74 valence electrons. The summed E-state index contributed by atoms with van der Waals surface area (Å²) in [6.45, 7) is 2.01. The second-order valence-corrected chi connectivity index (χ2v) is 4.44. The minimum atomic E-state index is 0.969. The number of fused-ring (bicyclic) bond motifs is 1. The van der Waals surface area contributed by atoms with Crippen LogP contribution < -0.4 is 0 Å². The molecule has 0 unspecified atom stereocenters. The second kappa shape index (κ2) is 3.13. The van der Waals surface area contributed by atoms with Crippen molar-refractivity contribution in [3.05, 3.63) is 35.6 Å². The molecule has 0 saturated heterocycles. The molecule has 3 aromatic rings. The molecule has 2 aromatic heterocycles.